The number of halogens is 1. The van der Waals surface area contributed by atoms with Crippen LogP contribution in [0.4, 0.5) is 5.82 Å². The van der Waals surface area contributed by atoms with Gasteiger partial charge in [-0.15, -0.1) is 12.8 Å². The number of nitrogens with one attached hydrogen (secondary N) is 1. The Kier molecular flexibility index (Phi) is 16.9. The molecule has 0 aliphatic carbocycles. The molecule has 3 N–H and O–H groups in total. The minimum Gasteiger partial charge on any atom is -0.384 e. The van der Waals surface area contributed by atoms with Crippen LogP contribution in [0.2, 0.25) is 5.02 Å². The normalized spacial score (nSPS) is 11.0. The first-order valence-electron chi connectivity index (χ1n) is 13.7. The summed E-state index contributed by atoms with van der Waals surface area (Å²) in [6, 6.07) is 17.7. The van der Waals surface area contributed by atoms with Crippen LogP contribution >= 0.6 is 11.6 Å². The fourth-order valence-corrected chi connectivity index (χ4v) is 4.12. The number of terminal acetylenes is 1. The molecule has 0 amide bonds. The van der Waals surface area contributed by atoms with Crippen molar-refractivity contribution in [2.45, 2.75) is 47.6 Å². The number of benzene rings is 1. The number of carbonyl (C=O) groups is 1. The zero-order valence-electron chi connectivity index (χ0n) is 24.9. The molecule has 3 aromatic rings. The lowest BCUT2D eigenvalue weighted by Gasteiger charge is -2.15. The van der Waals surface area contributed by atoms with Crippen molar-refractivity contribution in [1.29, 1.82) is 0 Å². The maximum atomic E-state index is 12.1. The van der Waals surface area contributed by atoms with Gasteiger partial charge in [0, 0.05) is 29.2 Å². The average molecular weight is 571 g/mol. The van der Waals surface area contributed by atoms with Gasteiger partial charge in [-0.1, -0.05) is 91.7 Å². The Morgan fingerprint density at radius 2 is 1.78 bits per heavy atom. The van der Waals surface area contributed by atoms with E-state index < -0.39 is 0 Å². The highest BCUT2D eigenvalue weighted by Gasteiger charge is 2.15. The highest BCUT2D eigenvalue weighted by Crippen LogP contribution is 2.32. The second-order valence-corrected chi connectivity index (χ2v) is 9.32. The summed E-state index contributed by atoms with van der Waals surface area (Å²) in [5.41, 5.74) is 12.1. The van der Waals surface area contributed by atoms with E-state index in [9.17, 15) is 4.79 Å². The van der Waals surface area contributed by atoms with Gasteiger partial charge in [-0.05, 0) is 56.7 Å². The summed E-state index contributed by atoms with van der Waals surface area (Å²) in [4.78, 5) is 16.6. The lowest BCUT2D eigenvalue weighted by molar-refractivity contribution is -0.117. The molecular weight excluding hydrogens is 528 g/mol. The molecule has 0 saturated heterocycles. The molecular formula is C35H43ClN4O. The minimum absolute atomic E-state index is 0.158. The van der Waals surface area contributed by atoms with Crippen molar-refractivity contribution < 1.29 is 4.79 Å². The van der Waals surface area contributed by atoms with E-state index in [-0.39, 0.29) is 5.78 Å². The molecule has 5 nitrogen and oxygen atoms in total. The molecule has 3 rings (SSSR count). The van der Waals surface area contributed by atoms with Crippen LogP contribution in [0.1, 0.15) is 52.4 Å². The Labute approximate surface area is 251 Å². The number of ketones is 1. The van der Waals surface area contributed by atoms with Gasteiger partial charge in [-0.3, -0.25) is 4.79 Å². The van der Waals surface area contributed by atoms with Gasteiger partial charge in [0.15, 0.2) is 0 Å². The van der Waals surface area contributed by atoms with Gasteiger partial charge in [0.25, 0.3) is 0 Å². The smallest absolute Gasteiger partial charge is 0.150 e. The molecule has 0 aliphatic heterocycles. The van der Waals surface area contributed by atoms with Crippen LogP contribution in [0.5, 0.6) is 0 Å². The number of pyridine rings is 1. The topological polar surface area (TPSA) is 72.9 Å². The van der Waals surface area contributed by atoms with Crippen LogP contribution in [0, 0.1) is 12.8 Å². The van der Waals surface area contributed by atoms with Crippen molar-refractivity contribution in [1.82, 2.24) is 14.9 Å². The molecule has 0 atom stereocenters. The van der Waals surface area contributed by atoms with Crippen molar-refractivity contribution in [3.05, 3.63) is 113 Å². The summed E-state index contributed by atoms with van der Waals surface area (Å²) in [7, 11) is 0. The Balaban J connectivity index is 0.00000201. The molecule has 41 heavy (non-hydrogen) atoms. The Bertz CT molecular complexity index is 1370. The van der Waals surface area contributed by atoms with Crippen molar-refractivity contribution in [2.75, 3.05) is 18.8 Å². The number of nitrogens with two attached hydrogens (primary N) is 1. The van der Waals surface area contributed by atoms with E-state index in [1.807, 2.05) is 95.3 Å². The first-order chi connectivity index (χ1) is 19.9. The lowest BCUT2D eigenvalue weighted by Crippen LogP contribution is -2.22. The van der Waals surface area contributed by atoms with Crippen LogP contribution in [0.3, 0.4) is 0 Å². The second kappa shape index (κ2) is 19.9. The van der Waals surface area contributed by atoms with Gasteiger partial charge >= 0.3 is 0 Å². The molecule has 1 aromatic carbocycles. The van der Waals surface area contributed by atoms with E-state index in [0.717, 1.165) is 28.2 Å². The number of aromatic nitrogens is 2. The highest BCUT2D eigenvalue weighted by molar-refractivity contribution is 6.33. The summed E-state index contributed by atoms with van der Waals surface area (Å²) in [5.74, 6) is 0.649. The second-order valence-electron chi connectivity index (χ2n) is 8.92. The third-order valence-corrected chi connectivity index (χ3v) is 6.01. The summed E-state index contributed by atoms with van der Waals surface area (Å²) in [6.45, 7) is 11.6. The average Bonchev–Trinajstić information content (AvgIpc) is 3.38. The number of hydrogen-bond donors (Lipinski definition) is 2. The van der Waals surface area contributed by atoms with Crippen molar-refractivity contribution in [3.63, 3.8) is 0 Å². The van der Waals surface area contributed by atoms with Gasteiger partial charge < -0.3 is 15.6 Å². The van der Waals surface area contributed by atoms with Crippen molar-refractivity contribution in [2.24, 2.45) is 0 Å². The standard InChI is InChI=1S/C31H35ClN4O.C2H6.C2H2/c1-4-24(12-10-20-34-21-26(37)14-6-5-11-23(2)3)29-18-19-30(27-15-7-8-16-28(27)32)36(29)22-25-13-9-17-31(33)35-25;2*1-2/h4-13,15-19,34H,14,20-22H2,1-3H3,(H2,33,35);1-2H3;1-2H/b6-5-,12-10-,24-4+;;. The van der Waals surface area contributed by atoms with Crippen LogP contribution in [-0.2, 0) is 11.3 Å². The molecule has 6 heteroatoms. The van der Waals surface area contributed by atoms with E-state index in [1.54, 1.807) is 6.07 Å². The minimum atomic E-state index is 0.158. The molecule has 2 heterocycles. The number of carbonyl (C=O) groups excluding carboxylic acids is 1. The summed E-state index contributed by atoms with van der Waals surface area (Å²) >= 11 is 6.56. The number of anilines is 1. The van der Waals surface area contributed by atoms with E-state index in [0.29, 0.717) is 36.9 Å². The number of Topliss-reactive ketones (excluding diaryl/α,β-unsaturated/α-hetero) is 1. The quantitative estimate of drug-likeness (QED) is 0.131. The first kappa shape index (κ1) is 34.9. The van der Waals surface area contributed by atoms with Gasteiger partial charge in [-0.25, -0.2) is 4.98 Å². The van der Waals surface area contributed by atoms with Crippen LogP contribution < -0.4 is 11.1 Å². The Morgan fingerprint density at radius 3 is 2.44 bits per heavy atom. The molecule has 0 unspecified atom stereocenters. The van der Waals surface area contributed by atoms with Gasteiger partial charge in [-0.2, -0.15) is 0 Å². The SMILES string of the molecule is C#C.C/C=C(\C=C/CNCC(=O)C/C=C\C=C(C)C)c1ccc(-c2ccccc2Cl)n1Cc1cccc(N)n1.CC. The summed E-state index contributed by atoms with van der Waals surface area (Å²) in [6.07, 6.45) is 20.4. The summed E-state index contributed by atoms with van der Waals surface area (Å²) < 4.78 is 2.21. The molecule has 0 bridgehead atoms. The molecule has 0 aliphatic rings. The lowest BCUT2D eigenvalue weighted by atomic mass is 10.1. The van der Waals surface area contributed by atoms with Crippen LogP contribution in [0.15, 0.2) is 96.6 Å². The van der Waals surface area contributed by atoms with Crippen molar-refractivity contribution in [3.8, 4) is 24.1 Å². The number of allylic oxidation sites excluding steroid dienone is 7. The molecule has 0 spiro atoms. The number of rotatable bonds is 12. The third kappa shape index (κ3) is 11.9. The highest BCUT2D eigenvalue weighted by atomic mass is 35.5. The van der Waals surface area contributed by atoms with E-state index in [2.05, 4.69) is 52.0 Å². The Hall–Kier alpha value is -4.11. The number of hydrogen-bond acceptors (Lipinski definition) is 4. The zero-order chi connectivity index (χ0) is 30.6. The third-order valence-electron chi connectivity index (χ3n) is 5.68. The van der Waals surface area contributed by atoms with Gasteiger partial charge in [0.2, 0.25) is 0 Å². The molecule has 0 fully saturated rings. The fourth-order valence-electron chi connectivity index (χ4n) is 3.88. The predicted molar refractivity (Wildman–Crippen MR) is 178 cm³/mol. The number of nitrogens with zero attached hydrogens (tertiary/aromatic N) is 2. The monoisotopic (exact) mass is 570 g/mol. The Morgan fingerprint density at radius 1 is 1.05 bits per heavy atom. The first-order valence-corrected chi connectivity index (χ1v) is 14.1. The van der Waals surface area contributed by atoms with E-state index in [1.165, 1.54) is 5.57 Å². The number of nitrogen functional groups attached to an aromatic ring is 1. The van der Waals surface area contributed by atoms with E-state index >= 15 is 0 Å². The van der Waals surface area contributed by atoms with Crippen molar-refractivity contribution >= 4 is 28.8 Å². The fraction of sp³-hybridized carbons (Fsp3) is 0.257. The predicted octanol–water partition coefficient (Wildman–Crippen LogP) is 8.14. The van der Waals surface area contributed by atoms with Crippen LogP contribution in [0.25, 0.3) is 16.8 Å². The maximum Gasteiger partial charge on any atom is 0.150 e. The zero-order valence-corrected chi connectivity index (χ0v) is 25.7. The van der Waals surface area contributed by atoms with Gasteiger partial charge in [0.1, 0.15) is 11.6 Å². The largest absolute Gasteiger partial charge is 0.384 e. The molecule has 0 radical (unpaired) electrons. The molecule has 2 aromatic heterocycles. The molecule has 216 valence electrons. The summed E-state index contributed by atoms with van der Waals surface area (Å²) in [5, 5.41) is 3.89. The van der Waals surface area contributed by atoms with Gasteiger partial charge in [0.05, 0.1) is 24.5 Å². The van der Waals surface area contributed by atoms with E-state index in [4.69, 9.17) is 17.3 Å². The molecule has 0 saturated carbocycles. The maximum absolute atomic E-state index is 12.1. The van der Waals surface area contributed by atoms with Crippen LogP contribution in [-0.4, -0.2) is 28.4 Å².